The van der Waals surface area contributed by atoms with Crippen LogP contribution in [-0.2, 0) is 9.59 Å². The summed E-state index contributed by atoms with van der Waals surface area (Å²) < 4.78 is 0. The molecule has 7 heteroatoms. The minimum absolute atomic E-state index is 0.0379. The molecule has 3 rings (SSSR count). The molecular formula is C16H20ClN3O2S. The molecule has 1 aromatic carbocycles. The Morgan fingerprint density at radius 1 is 1.43 bits per heavy atom. The van der Waals surface area contributed by atoms with Crippen LogP contribution in [0.1, 0.15) is 20.3 Å². The van der Waals surface area contributed by atoms with Crippen LogP contribution in [0.2, 0.25) is 5.02 Å². The number of carbonyl (C=O) groups excluding carboxylic acids is 2. The van der Waals surface area contributed by atoms with E-state index in [1.54, 1.807) is 12.1 Å². The van der Waals surface area contributed by atoms with Crippen molar-refractivity contribution in [3.05, 3.63) is 23.2 Å². The fraction of sp³-hybridized carbons (Fsp3) is 0.500. The van der Waals surface area contributed by atoms with E-state index >= 15 is 0 Å². The van der Waals surface area contributed by atoms with Crippen LogP contribution in [0.15, 0.2) is 23.1 Å². The van der Waals surface area contributed by atoms with Gasteiger partial charge in [-0.3, -0.25) is 9.59 Å². The minimum atomic E-state index is -0.395. The van der Waals surface area contributed by atoms with Gasteiger partial charge in [-0.15, -0.1) is 11.8 Å². The fourth-order valence-electron chi connectivity index (χ4n) is 2.94. The Labute approximate surface area is 145 Å². The van der Waals surface area contributed by atoms with Crippen molar-refractivity contribution in [3.8, 4) is 0 Å². The number of nitrogens with zero attached hydrogens (tertiary/aromatic N) is 1. The maximum Gasteiger partial charge on any atom is 0.238 e. The smallest absolute Gasteiger partial charge is 0.238 e. The average molecular weight is 354 g/mol. The number of anilines is 1. The Hall–Kier alpha value is -1.24. The van der Waals surface area contributed by atoms with Gasteiger partial charge in [0.05, 0.1) is 10.9 Å². The van der Waals surface area contributed by atoms with Gasteiger partial charge in [-0.2, -0.15) is 0 Å². The molecule has 3 atom stereocenters. The first-order chi connectivity index (χ1) is 11.0. The third kappa shape index (κ3) is 3.49. The zero-order valence-electron chi connectivity index (χ0n) is 13.1. The SMILES string of the molecule is CC1NCCN(C(=O)CC2Sc3ccc(Cl)cc3NC2=O)C1C. The highest BCUT2D eigenvalue weighted by atomic mass is 35.5. The van der Waals surface area contributed by atoms with Gasteiger partial charge in [0, 0.05) is 41.5 Å². The first-order valence-corrected chi connectivity index (χ1v) is 9.01. The summed E-state index contributed by atoms with van der Waals surface area (Å²) >= 11 is 7.38. The van der Waals surface area contributed by atoms with Gasteiger partial charge in [0.15, 0.2) is 0 Å². The lowest BCUT2D eigenvalue weighted by atomic mass is 10.1. The number of benzene rings is 1. The number of amides is 2. The van der Waals surface area contributed by atoms with E-state index in [4.69, 9.17) is 11.6 Å². The van der Waals surface area contributed by atoms with E-state index in [2.05, 4.69) is 17.6 Å². The van der Waals surface area contributed by atoms with Gasteiger partial charge < -0.3 is 15.5 Å². The summed E-state index contributed by atoms with van der Waals surface area (Å²) in [5.41, 5.74) is 0.723. The predicted molar refractivity (Wildman–Crippen MR) is 93.0 cm³/mol. The van der Waals surface area contributed by atoms with Crippen LogP contribution >= 0.6 is 23.4 Å². The molecule has 5 nitrogen and oxygen atoms in total. The number of piperazine rings is 1. The number of fused-ring (bicyclic) bond motifs is 1. The van der Waals surface area contributed by atoms with Crippen molar-refractivity contribution >= 4 is 40.9 Å². The van der Waals surface area contributed by atoms with Gasteiger partial charge in [-0.1, -0.05) is 11.6 Å². The first-order valence-electron chi connectivity index (χ1n) is 7.75. The molecule has 0 saturated carbocycles. The van der Waals surface area contributed by atoms with Gasteiger partial charge in [0.25, 0.3) is 0 Å². The summed E-state index contributed by atoms with van der Waals surface area (Å²) in [7, 11) is 0. The molecule has 23 heavy (non-hydrogen) atoms. The Morgan fingerprint density at radius 2 is 2.22 bits per heavy atom. The summed E-state index contributed by atoms with van der Waals surface area (Å²) in [6.07, 6.45) is 0.218. The van der Waals surface area contributed by atoms with Crippen LogP contribution in [0.3, 0.4) is 0 Å². The lowest BCUT2D eigenvalue weighted by molar-refractivity contribution is -0.136. The molecule has 1 fully saturated rings. The van der Waals surface area contributed by atoms with Crippen LogP contribution in [0.4, 0.5) is 5.69 Å². The number of nitrogens with one attached hydrogen (secondary N) is 2. The normalized spacial score (nSPS) is 27.3. The van der Waals surface area contributed by atoms with Crippen LogP contribution in [0.25, 0.3) is 0 Å². The third-order valence-electron chi connectivity index (χ3n) is 4.48. The van der Waals surface area contributed by atoms with Crippen molar-refractivity contribution in [3.63, 3.8) is 0 Å². The Balaban J connectivity index is 1.69. The molecule has 0 aromatic heterocycles. The minimum Gasteiger partial charge on any atom is -0.337 e. The molecule has 0 aliphatic carbocycles. The monoisotopic (exact) mass is 353 g/mol. The summed E-state index contributed by atoms with van der Waals surface area (Å²) in [6, 6.07) is 5.82. The molecule has 1 aromatic rings. The molecule has 0 radical (unpaired) electrons. The van der Waals surface area contributed by atoms with Crippen molar-refractivity contribution < 1.29 is 9.59 Å². The first kappa shape index (κ1) is 16.6. The zero-order chi connectivity index (χ0) is 16.6. The van der Waals surface area contributed by atoms with E-state index in [0.29, 0.717) is 11.6 Å². The Morgan fingerprint density at radius 3 is 3.00 bits per heavy atom. The van der Waals surface area contributed by atoms with Crippen molar-refractivity contribution in [2.75, 3.05) is 18.4 Å². The van der Waals surface area contributed by atoms with E-state index in [9.17, 15) is 9.59 Å². The lowest BCUT2D eigenvalue weighted by Crippen LogP contribution is -2.57. The van der Waals surface area contributed by atoms with Crippen LogP contribution in [0.5, 0.6) is 0 Å². The third-order valence-corrected chi connectivity index (χ3v) is 5.99. The lowest BCUT2D eigenvalue weighted by Gasteiger charge is -2.39. The highest BCUT2D eigenvalue weighted by Gasteiger charge is 2.33. The van der Waals surface area contributed by atoms with Crippen molar-refractivity contribution in [2.24, 2.45) is 0 Å². The van der Waals surface area contributed by atoms with Gasteiger partial charge in [-0.05, 0) is 32.0 Å². The topological polar surface area (TPSA) is 61.4 Å². The van der Waals surface area contributed by atoms with Gasteiger partial charge >= 0.3 is 0 Å². The number of rotatable bonds is 2. The largest absolute Gasteiger partial charge is 0.337 e. The zero-order valence-corrected chi connectivity index (χ0v) is 14.7. The quantitative estimate of drug-likeness (QED) is 0.856. The second-order valence-electron chi connectivity index (χ2n) is 6.01. The molecule has 2 N–H and O–H groups in total. The molecule has 2 aliphatic heterocycles. The Bertz CT molecular complexity index is 640. The summed E-state index contributed by atoms with van der Waals surface area (Å²) in [5, 5.41) is 6.40. The molecule has 3 unspecified atom stereocenters. The van der Waals surface area contributed by atoms with Crippen molar-refractivity contribution in [1.82, 2.24) is 10.2 Å². The molecule has 0 bridgehead atoms. The van der Waals surface area contributed by atoms with E-state index in [1.165, 1.54) is 11.8 Å². The van der Waals surface area contributed by atoms with Crippen molar-refractivity contribution in [2.45, 2.75) is 42.5 Å². The molecule has 2 aliphatic rings. The van der Waals surface area contributed by atoms with Crippen molar-refractivity contribution in [1.29, 1.82) is 0 Å². The maximum absolute atomic E-state index is 12.6. The van der Waals surface area contributed by atoms with E-state index in [0.717, 1.165) is 17.1 Å². The number of thioether (sulfide) groups is 1. The Kier molecular flexibility index (Phi) is 4.85. The number of halogens is 1. The number of hydrogen-bond acceptors (Lipinski definition) is 4. The average Bonchev–Trinajstić information content (AvgIpc) is 2.51. The highest BCUT2D eigenvalue weighted by Crippen LogP contribution is 2.38. The molecule has 124 valence electrons. The molecule has 1 saturated heterocycles. The van der Waals surface area contributed by atoms with Crippen LogP contribution in [0, 0.1) is 0 Å². The molecule has 2 heterocycles. The second-order valence-corrected chi connectivity index (χ2v) is 7.69. The summed E-state index contributed by atoms with van der Waals surface area (Å²) in [5.74, 6) is -0.0927. The van der Waals surface area contributed by atoms with E-state index in [1.807, 2.05) is 17.9 Å². The van der Waals surface area contributed by atoms with Crippen LogP contribution < -0.4 is 10.6 Å². The van der Waals surface area contributed by atoms with Crippen LogP contribution in [-0.4, -0.2) is 47.1 Å². The summed E-state index contributed by atoms with van der Waals surface area (Å²) in [4.78, 5) is 27.7. The fourth-order valence-corrected chi connectivity index (χ4v) is 4.20. The maximum atomic E-state index is 12.6. The van der Waals surface area contributed by atoms with Gasteiger partial charge in [0.2, 0.25) is 11.8 Å². The predicted octanol–water partition coefficient (Wildman–Crippen LogP) is 2.35. The molecule has 0 spiro atoms. The van der Waals surface area contributed by atoms with E-state index < -0.39 is 5.25 Å². The standard InChI is InChI=1S/C16H20ClN3O2S/c1-9-10(2)20(6-5-18-9)15(21)8-14-16(22)19-12-7-11(17)3-4-13(12)23-14/h3-4,7,9-10,14,18H,5-6,8H2,1-2H3,(H,19,22). The van der Waals surface area contributed by atoms with E-state index in [-0.39, 0.29) is 30.3 Å². The number of carbonyl (C=O) groups is 2. The van der Waals surface area contributed by atoms with Gasteiger partial charge in [-0.25, -0.2) is 0 Å². The number of hydrogen-bond donors (Lipinski definition) is 2. The van der Waals surface area contributed by atoms with Gasteiger partial charge in [0.1, 0.15) is 0 Å². The summed E-state index contributed by atoms with van der Waals surface area (Å²) in [6.45, 7) is 5.60. The molecule has 2 amide bonds. The molecular weight excluding hydrogens is 334 g/mol. The highest BCUT2D eigenvalue weighted by molar-refractivity contribution is 8.01. The second kappa shape index (κ2) is 6.71.